The first-order valence-electron chi connectivity index (χ1n) is 12.2. The summed E-state index contributed by atoms with van der Waals surface area (Å²) in [5.41, 5.74) is 12.7. The molecule has 1 aliphatic rings. The summed E-state index contributed by atoms with van der Waals surface area (Å²) >= 11 is 0. The van der Waals surface area contributed by atoms with Crippen molar-refractivity contribution >= 4 is 52.3 Å². The number of imidazole rings is 2. The van der Waals surface area contributed by atoms with Gasteiger partial charge in [0.15, 0.2) is 32.2 Å². The first kappa shape index (κ1) is 29.9. The standard InChI is InChI=1S/C20H29BN10O7P2/c1-24-20(22)29-19-15(7-32)27-11-31(19)17-3-2-13(38-17)8-37-40(34,21-23)36-5-4-30-16(9-35-12-39-33)28-14-6-25-10-26-18(14)30/h6-7,10-11,13,17,21H,2-5,8-9,12,23H2,1H3,(H3,22,24,29). The van der Waals surface area contributed by atoms with Gasteiger partial charge in [0, 0.05) is 13.6 Å². The van der Waals surface area contributed by atoms with Crippen molar-refractivity contribution in [1.29, 1.82) is 0 Å². The summed E-state index contributed by atoms with van der Waals surface area (Å²) in [5, 5.41) is 2.70. The third-order valence-electron chi connectivity index (χ3n) is 5.93. The van der Waals surface area contributed by atoms with Crippen molar-refractivity contribution in [2.24, 2.45) is 16.4 Å². The van der Waals surface area contributed by atoms with Gasteiger partial charge >= 0.3 is 7.13 Å². The van der Waals surface area contributed by atoms with Gasteiger partial charge in [0.25, 0.3) is 7.47 Å². The summed E-state index contributed by atoms with van der Waals surface area (Å²) in [6.45, 7) is 0.293. The van der Waals surface area contributed by atoms with Gasteiger partial charge < -0.3 is 39.8 Å². The predicted molar refractivity (Wildman–Crippen MR) is 145 cm³/mol. The normalized spacial score (nSPS) is 19.2. The van der Waals surface area contributed by atoms with Crippen LogP contribution in [0.15, 0.2) is 23.8 Å². The monoisotopic (exact) mass is 594 g/mol. The van der Waals surface area contributed by atoms with E-state index in [0.717, 1.165) is 0 Å². The number of nitrogens with one attached hydrogen (secondary N) is 1. The fourth-order valence-electron chi connectivity index (χ4n) is 4.02. The van der Waals surface area contributed by atoms with E-state index >= 15 is 0 Å². The lowest BCUT2D eigenvalue weighted by atomic mass is 10.2. The fraction of sp³-hybridized carbons (Fsp3) is 0.500. The Balaban J connectivity index is 1.34. The maximum Gasteiger partial charge on any atom is 0.345 e. The molecule has 1 fully saturated rings. The Morgan fingerprint density at radius 1 is 1.40 bits per heavy atom. The first-order chi connectivity index (χ1) is 19.4. The molecule has 20 heteroatoms. The Morgan fingerprint density at radius 3 is 3.00 bits per heavy atom. The predicted octanol–water partition coefficient (Wildman–Crippen LogP) is 0.596. The van der Waals surface area contributed by atoms with Gasteiger partial charge in [-0.15, -0.1) is 0 Å². The summed E-state index contributed by atoms with van der Waals surface area (Å²) in [5.74, 6) is 0.898. The molecule has 0 amide bonds. The summed E-state index contributed by atoms with van der Waals surface area (Å²) in [7, 11) is -2.52. The average Bonchev–Trinajstić information content (AvgIpc) is 3.69. The van der Waals surface area contributed by atoms with Gasteiger partial charge in [-0.25, -0.2) is 19.9 Å². The molecule has 0 spiro atoms. The van der Waals surface area contributed by atoms with Gasteiger partial charge in [0.1, 0.15) is 42.5 Å². The molecule has 17 nitrogen and oxygen atoms in total. The number of nitrogens with two attached hydrogens (primary N) is 2. The van der Waals surface area contributed by atoms with Crippen LogP contribution in [0.2, 0.25) is 0 Å². The molecule has 4 heterocycles. The molecular formula is C20H29BN10O7P2. The van der Waals surface area contributed by atoms with Gasteiger partial charge in [-0.2, -0.15) is 4.99 Å². The molecule has 5 N–H and O–H groups in total. The third-order valence-corrected chi connectivity index (χ3v) is 7.79. The molecule has 0 radical (unpaired) electrons. The van der Waals surface area contributed by atoms with Crippen LogP contribution in [0.25, 0.3) is 11.2 Å². The van der Waals surface area contributed by atoms with Gasteiger partial charge in [-0.3, -0.25) is 18.5 Å². The van der Waals surface area contributed by atoms with Crippen LogP contribution in [-0.2, 0) is 40.8 Å². The highest BCUT2D eigenvalue weighted by molar-refractivity contribution is 7.83. The Labute approximate surface area is 231 Å². The summed E-state index contributed by atoms with van der Waals surface area (Å²) in [4.78, 5) is 32.3. The lowest BCUT2D eigenvalue weighted by Crippen LogP contribution is -2.27. The van der Waals surface area contributed by atoms with Crippen LogP contribution in [0.3, 0.4) is 0 Å². The number of aldehydes is 1. The van der Waals surface area contributed by atoms with Crippen LogP contribution < -0.4 is 16.7 Å². The molecule has 0 saturated carbocycles. The van der Waals surface area contributed by atoms with E-state index in [0.29, 0.717) is 36.1 Å². The van der Waals surface area contributed by atoms with Gasteiger partial charge in [-0.1, -0.05) is 0 Å². The van der Waals surface area contributed by atoms with Crippen molar-refractivity contribution in [2.75, 3.05) is 26.6 Å². The zero-order chi connectivity index (χ0) is 28.5. The Hall–Kier alpha value is -3.11. The minimum Gasteiger partial charge on any atom is -0.370 e. The van der Waals surface area contributed by atoms with E-state index < -0.39 is 19.8 Å². The largest absolute Gasteiger partial charge is 0.370 e. The van der Waals surface area contributed by atoms with Crippen LogP contribution in [0, 0.1) is 0 Å². The van der Waals surface area contributed by atoms with E-state index in [1.807, 2.05) is 0 Å². The molecule has 1 aliphatic heterocycles. The molecule has 3 aromatic heterocycles. The maximum atomic E-state index is 13.2. The number of carbonyl (C=O) groups is 1. The maximum absolute atomic E-state index is 13.2. The van der Waals surface area contributed by atoms with Crippen LogP contribution >= 0.6 is 15.9 Å². The van der Waals surface area contributed by atoms with E-state index in [2.05, 4.69) is 30.2 Å². The first-order valence-corrected chi connectivity index (χ1v) is 14.9. The molecule has 3 aromatic rings. The molecule has 1 saturated heterocycles. The van der Waals surface area contributed by atoms with Crippen molar-refractivity contribution < 1.29 is 32.4 Å². The molecular weight excluding hydrogens is 565 g/mol. The minimum absolute atomic E-state index is 0.0113. The summed E-state index contributed by atoms with van der Waals surface area (Å²) < 4.78 is 49.9. The third kappa shape index (κ3) is 7.15. The highest BCUT2D eigenvalue weighted by Gasteiger charge is 2.32. The summed E-state index contributed by atoms with van der Waals surface area (Å²) in [6, 6.07) is 0. The van der Waals surface area contributed by atoms with Gasteiger partial charge in [0.2, 0.25) is 0 Å². The lowest BCUT2D eigenvalue weighted by Gasteiger charge is -2.20. The molecule has 3 unspecified atom stereocenters. The zero-order valence-electron chi connectivity index (χ0n) is 21.7. The van der Waals surface area contributed by atoms with Crippen LogP contribution in [-0.4, -0.2) is 81.2 Å². The highest BCUT2D eigenvalue weighted by Crippen LogP contribution is 2.46. The van der Waals surface area contributed by atoms with Crippen molar-refractivity contribution in [3.8, 4) is 0 Å². The summed E-state index contributed by atoms with van der Waals surface area (Å²) in [6.07, 6.45) is 5.28. The van der Waals surface area contributed by atoms with Gasteiger partial charge in [0.05, 0.1) is 31.8 Å². The minimum atomic E-state index is -3.65. The van der Waals surface area contributed by atoms with Crippen molar-refractivity contribution in [1.82, 2.24) is 34.4 Å². The topological polar surface area (TPSA) is 226 Å². The molecule has 214 valence electrons. The molecule has 0 aromatic carbocycles. The number of rotatable bonds is 15. The van der Waals surface area contributed by atoms with Crippen LogP contribution in [0.1, 0.15) is 35.4 Å². The number of carbonyl (C=O) groups excluding carboxylic acids is 1. The van der Waals surface area contributed by atoms with Crippen molar-refractivity contribution in [3.05, 3.63) is 30.4 Å². The number of hydrogen-bond donors (Lipinski definition) is 3. The smallest absolute Gasteiger partial charge is 0.345 e. The van der Waals surface area contributed by atoms with Crippen molar-refractivity contribution in [2.45, 2.75) is 38.3 Å². The van der Waals surface area contributed by atoms with Crippen LogP contribution in [0.5, 0.6) is 0 Å². The van der Waals surface area contributed by atoms with E-state index in [-0.39, 0.29) is 65.8 Å². The lowest BCUT2D eigenvalue weighted by molar-refractivity contribution is -0.0186. The average molecular weight is 594 g/mol. The number of aliphatic imine (C=N–C) groups is 1. The molecule has 4 rings (SSSR count). The number of nitrogens with zero attached hydrogens (tertiary/aromatic N) is 7. The van der Waals surface area contributed by atoms with Crippen molar-refractivity contribution in [3.63, 3.8) is 0 Å². The zero-order valence-corrected chi connectivity index (χ0v) is 23.4. The van der Waals surface area contributed by atoms with Gasteiger partial charge in [-0.05, 0) is 12.8 Å². The van der Waals surface area contributed by atoms with E-state index in [1.165, 1.54) is 12.7 Å². The van der Waals surface area contributed by atoms with Crippen LogP contribution in [0.4, 0.5) is 5.82 Å². The quantitative estimate of drug-likeness (QED) is 0.0547. The molecule has 40 heavy (non-hydrogen) atoms. The second-order valence-electron chi connectivity index (χ2n) is 8.46. The molecule has 0 bridgehead atoms. The highest BCUT2D eigenvalue weighted by atomic mass is 31.2. The second-order valence-corrected chi connectivity index (χ2v) is 11.1. The van der Waals surface area contributed by atoms with E-state index in [4.69, 9.17) is 29.9 Å². The SMILES string of the molecule is CN/C(N)=N\c1c(C=O)ncn1C1CCC(COP(=O)(BN)OCCn2c(COCP=O)nc3cncnc32)O1. The Morgan fingerprint density at radius 2 is 2.25 bits per heavy atom. The van der Waals surface area contributed by atoms with E-state index in [9.17, 15) is 13.9 Å². The number of fused-ring (bicyclic) bond motifs is 1. The number of aromatic nitrogens is 6. The fourth-order valence-corrected chi connectivity index (χ4v) is 5.22. The second kappa shape index (κ2) is 14.0. The number of ether oxygens (including phenoxy) is 2. The number of guanidine groups is 1. The number of hydrogen-bond acceptors (Lipinski definition) is 13. The van der Waals surface area contributed by atoms with E-state index in [1.54, 1.807) is 22.4 Å². The Kier molecular flexibility index (Phi) is 10.4. The Bertz CT molecular complexity index is 1400. The molecule has 0 aliphatic carbocycles. The molecule has 3 atom stereocenters.